The Balaban J connectivity index is 1.82. The van der Waals surface area contributed by atoms with Crippen molar-refractivity contribution in [2.75, 3.05) is 6.54 Å². The van der Waals surface area contributed by atoms with Gasteiger partial charge in [-0.05, 0) is 18.6 Å². The first kappa shape index (κ1) is 11.0. The number of nitrogens with one attached hydrogen (secondary N) is 1. The second-order valence-electron chi connectivity index (χ2n) is 4.57. The summed E-state index contributed by atoms with van der Waals surface area (Å²) in [6.07, 6.45) is 1.14. The number of amides is 3. The molecule has 3 rings (SSSR count). The van der Waals surface area contributed by atoms with E-state index in [0.29, 0.717) is 24.0 Å². The lowest BCUT2D eigenvalue weighted by molar-refractivity contribution is -0.119. The molecular formula is C13H12N2O3. The highest BCUT2D eigenvalue weighted by Crippen LogP contribution is 2.23. The summed E-state index contributed by atoms with van der Waals surface area (Å²) in [5.41, 5.74) is 0.902. The molecular weight excluding hydrogens is 232 g/mol. The van der Waals surface area contributed by atoms with Crippen molar-refractivity contribution < 1.29 is 14.4 Å². The molecule has 92 valence electrons. The maximum atomic E-state index is 12.1. The number of hydrogen-bond acceptors (Lipinski definition) is 3. The van der Waals surface area contributed by atoms with Crippen LogP contribution in [0.1, 0.15) is 33.6 Å². The second kappa shape index (κ2) is 3.94. The van der Waals surface area contributed by atoms with Crippen LogP contribution in [-0.4, -0.2) is 35.2 Å². The molecule has 1 aromatic carbocycles. The zero-order valence-corrected chi connectivity index (χ0v) is 9.68. The number of carbonyl (C=O) groups is 3. The van der Waals surface area contributed by atoms with Gasteiger partial charge >= 0.3 is 0 Å². The van der Waals surface area contributed by atoms with Crippen LogP contribution in [0.25, 0.3) is 0 Å². The lowest BCUT2D eigenvalue weighted by Gasteiger charge is -2.18. The van der Waals surface area contributed by atoms with Gasteiger partial charge in [0.05, 0.1) is 11.1 Å². The minimum Gasteiger partial charge on any atom is -0.352 e. The van der Waals surface area contributed by atoms with E-state index in [2.05, 4.69) is 5.32 Å². The standard InChI is InChI=1S/C13H12N2O3/c16-11-6-5-8(14-11)7-15-12(17)9-3-1-2-4-10(9)13(15)18/h1-4,8H,5-7H2,(H,14,16). The van der Waals surface area contributed by atoms with Crippen molar-refractivity contribution in [1.82, 2.24) is 10.2 Å². The van der Waals surface area contributed by atoms with Crippen molar-refractivity contribution >= 4 is 17.7 Å². The highest BCUT2D eigenvalue weighted by Gasteiger charge is 2.37. The largest absolute Gasteiger partial charge is 0.352 e. The number of hydrogen-bond donors (Lipinski definition) is 1. The van der Waals surface area contributed by atoms with Crippen LogP contribution in [0.3, 0.4) is 0 Å². The Labute approximate surface area is 104 Å². The molecule has 0 aromatic heterocycles. The zero-order chi connectivity index (χ0) is 12.7. The van der Waals surface area contributed by atoms with Crippen LogP contribution in [-0.2, 0) is 4.79 Å². The fourth-order valence-corrected chi connectivity index (χ4v) is 2.44. The number of fused-ring (bicyclic) bond motifs is 1. The fraction of sp³-hybridized carbons (Fsp3) is 0.308. The Kier molecular flexibility index (Phi) is 2.40. The molecule has 2 heterocycles. The van der Waals surface area contributed by atoms with E-state index in [0.717, 1.165) is 0 Å². The Bertz CT molecular complexity index is 518. The van der Waals surface area contributed by atoms with Gasteiger partial charge in [-0.3, -0.25) is 19.3 Å². The normalized spacial score (nSPS) is 22.3. The van der Waals surface area contributed by atoms with Crippen LogP contribution in [0.2, 0.25) is 0 Å². The Morgan fingerprint density at radius 2 is 1.72 bits per heavy atom. The van der Waals surface area contributed by atoms with Crippen LogP contribution >= 0.6 is 0 Å². The van der Waals surface area contributed by atoms with Gasteiger partial charge in [-0.2, -0.15) is 0 Å². The summed E-state index contributed by atoms with van der Waals surface area (Å²) in [6, 6.07) is 6.68. The summed E-state index contributed by atoms with van der Waals surface area (Å²) < 4.78 is 0. The molecule has 0 aliphatic carbocycles. The third kappa shape index (κ3) is 1.59. The van der Waals surface area contributed by atoms with Gasteiger partial charge < -0.3 is 5.32 Å². The predicted octanol–water partition coefficient (Wildman–Crippen LogP) is 0.561. The summed E-state index contributed by atoms with van der Waals surface area (Å²) in [6.45, 7) is 0.262. The highest BCUT2D eigenvalue weighted by molar-refractivity contribution is 6.21. The van der Waals surface area contributed by atoms with Gasteiger partial charge in [0.1, 0.15) is 0 Å². The van der Waals surface area contributed by atoms with Crippen LogP contribution in [0.15, 0.2) is 24.3 Å². The van der Waals surface area contributed by atoms with Crippen LogP contribution in [0, 0.1) is 0 Å². The van der Waals surface area contributed by atoms with E-state index < -0.39 is 0 Å². The molecule has 1 aromatic rings. The lowest BCUT2D eigenvalue weighted by Crippen LogP contribution is -2.41. The van der Waals surface area contributed by atoms with E-state index in [1.54, 1.807) is 24.3 Å². The van der Waals surface area contributed by atoms with Gasteiger partial charge in [0, 0.05) is 19.0 Å². The van der Waals surface area contributed by atoms with Crippen molar-refractivity contribution in [3.05, 3.63) is 35.4 Å². The molecule has 2 aliphatic rings. The molecule has 1 atom stereocenters. The Hall–Kier alpha value is -2.17. The molecule has 1 N–H and O–H groups in total. The van der Waals surface area contributed by atoms with Gasteiger partial charge in [-0.1, -0.05) is 12.1 Å². The van der Waals surface area contributed by atoms with E-state index >= 15 is 0 Å². The molecule has 0 bridgehead atoms. The van der Waals surface area contributed by atoms with E-state index in [1.807, 2.05) is 0 Å². The third-order valence-electron chi connectivity index (χ3n) is 3.37. The van der Waals surface area contributed by atoms with Gasteiger partial charge in [0.2, 0.25) is 5.91 Å². The van der Waals surface area contributed by atoms with Crippen molar-refractivity contribution in [2.45, 2.75) is 18.9 Å². The molecule has 3 amide bonds. The number of carbonyl (C=O) groups excluding carboxylic acids is 3. The lowest BCUT2D eigenvalue weighted by atomic mass is 10.1. The maximum Gasteiger partial charge on any atom is 0.261 e. The summed E-state index contributed by atoms with van der Waals surface area (Å²) in [4.78, 5) is 36.5. The monoisotopic (exact) mass is 244 g/mol. The van der Waals surface area contributed by atoms with Crippen molar-refractivity contribution in [3.8, 4) is 0 Å². The number of imide groups is 1. The average Bonchev–Trinajstić information content (AvgIpc) is 2.88. The molecule has 0 radical (unpaired) electrons. The SMILES string of the molecule is O=C1CCC(CN2C(=O)c3ccccc3C2=O)N1. The Morgan fingerprint density at radius 3 is 2.22 bits per heavy atom. The first-order chi connectivity index (χ1) is 8.66. The van der Waals surface area contributed by atoms with E-state index in [9.17, 15) is 14.4 Å². The first-order valence-electron chi connectivity index (χ1n) is 5.91. The van der Waals surface area contributed by atoms with Gasteiger partial charge in [0.25, 0.3) is 11.8 Å². The summed E-state index contributed by atoms with van der Waals surface area (Å²) in [5, 5.41) is 2.76. The predicted molar refractivity (Wildman–Crippen MR) is 63.0 cm³/mol. The molecule has 1 unspecified atom stereocenters. The second-order valence-corrected chi connectivity index (χ2v) is 4.57. The molecule has 18 heavy (non-hydrogen) atoms. The van der Waals surface area contributed by atoms with Gasteiger partial charge in [-0.15, -0.1) is 0 Å². The van der Waals surface area contributed by atoms with Gasteiger partial charge in [0.15, 0.2) is 0 Å². The molecule has 1 fully saturated rings. The minimum atomic E-state index is -0.267. The fourth-order valence-electron chi connectivity index (χ4n) is 2.44. The van der Waals surface area contributed by atoms with E-state index in [-0.39, 0.29) is 30.3 Å². The van der Waals surface area contributed by atoms with Gasteiger partial charge in [-0.25, -0.2) is 0 Å². The van der Waals surface area contributed by atoms with Crippen molar-refractivity contribution in [1.29, 1.82) is 0 Å². The molecule has 0 spiro atoms. The Morgan fingerprint density at radius 1 is 1.11 bits per heavy atom. The molecule has 5 heteroatoms. The quantitative estimate of drug-likeness (QED) is 0.773. The molecule has 5 nitrogen and oxygen atoms in total. The average molecular weight is 244 g/mol. The molecule has 0 saturated carbocycles. The van der Waals surface area contributed by atoms with Crippen LogP contribution in [0.5, 0.6) is 0 Å². The topological polar surface area (TPSA) is 66.5 Å². The number of nitrogens with zero attached hydrogens (tertiary/aromatic N) is 1. The third-order valence-corrected chi connectivity index (χ3v) is 3.37. The summed E-state index contributed by atoms with van der Waals surface area (Å²) >= 11 is 0. The smallest absolute Gasteiger partial charge is 0.261 e. The number of benzene rings is 1. The zero-order valence-electron chi connectivity index (χ0n) is 9.68. The van der Waals surface area contributed by atoms with Crippen LogP contribution < -0.4 is 5.32 Å². The minimum absolute atomic E-state index is 0.0170. The summed E-state index contributed by atoms with van der Waals surface area (Å²) in [5.74, 6) is -0.551. The summed E-state index contributed by atoms with van der Waals surface area (Å²) in [7, 11) is 0. The van der Waals surface area contributed by atoms with E-state index in [4.69, 9.17) is 0 Å². The molecule has 1 saturated heterocycles. The maximum absolute atomic E-state index is 12.1. The van der Waals surface area contributed by atoms with Crippen LogP contribution in [0.4, 0.5) is 0 Å². The molecule has 2 aliphatic heterocycles. The van der Waals surface area contributed by atoms with E-state index in [1.165, 1.54) is 4.90 Å². The first-order valence-corrected chi connectivity index (χ1v) is 5.91. The number of rotatable bonds is 2. The van der Waals surface area contributed by atoms with Crippen molar-refractivity contribution in [2.24, 2.45) is 0 Å². The van der Waals surface area contributed by atoms with Crippen molar-refractivity contribution in [3.63, 3.8) is 0 Å². The highest BCUT2D eigenvalue weighted by atomic mass is 16.2.